The second kappa shape index (κ2) is 5.54. The lowest BCUT2D eigenvalue weighted by Gasteiger charge is -2.27. The van der Waals surface area contributed by atoms with Crippen LogP contribution in [0.2, 0.25) is 0 Å². The Bertz CT molecular complexity index is 503. The van der Waals surface area contributed by atoms with Gasteiger partial charge in [-0.1, -0.05) is 23.8 Å². The Kier molecular flexibility index (Phi) is 3.82. The predicted molar refractivity (Wildman–Crippen MR) is 73.8 cm³/mol. The number of nitrogens with zero attached hydrogens (tertiary/aromatic N) is 1. The molecule has 0 spiro atoms. The number of hydrogen-bond donors (Lipinski definition) is 1. The van der Waals surface area contributed by atoms with Gasteiger partial charge in [0.05, 0.1) is 0 Å². The highest BCUT2D eigenvalue weighted by Gasteiger charge is 2.10. The summed E-state index contributed by atoms with van der Waals surface area (Å²) in [6.07, 6.45) is 8.22. The van der Waals surface area contributed by atoms with Gasteiger partial charge in [0, 0.05) is 24.9 Å². The SMILES string of the molecule is Cc1ccc(N2CC=CCC2)c(/C=C/C(=O)O)c1. The first-order valence-electron chi connectivity index (χ1n) is 6.08. The average Bonchev–Trinajstić information content (AvgIpc) is 2.37. The molecule has 0 radical (unpaired) electrons. The van der Waals surface area contributed by atoms with E-state index < -0.39 is 5.97 Å². The smallest absolute Gasteiger partial charge is 0.328 e. The van der Waals surface area contributed by atoms with Gasteiger partial charge in [0.15, 0.2) is 0 Å². The molecule has 1 aromatic carbocycles. The normalized spacial score (nSPS) is 15.3. The molecule has 1 heterocycles. The Morgan fingerprint density at radius 3 is 2.89 bits per heavy atom. The summed E-state index contributed by atoms with van der Waals surface area (Å²) in [6.45, 7) is 3.88. The molecule has 0 aromatic heterocycles. The van der Waals surface area contributed by atoms with Crippen molar-refractivity contribution in [1.29, 1.82) is 0 Å². The van der Waals surface area contributed by atoms with Gasteiger partial charge in [0.25, 0.3) is 0 Å². The number of anilines is 1. The molecule has 0 amide bonds. The molecular weight excluding hydrogens is 226 g/mol. The molecule has 1 aromatic rings. The van der Waals surface area contributed by atoms with E-state index in [2.05, 4.69) is 29.2 Å². The van der Waals surface area contributed by atoms with E-state index in [-0.39, 0.29) is 0 Å². The maximum atomic E-state index is 10.6. The van der Waals surface area contributed by atoms with E-state index in [0.717, 1.165) is 36.3 Å². The molecule has 2 rings (SSSR count). The van der Waals surface area contributed by atoms with Crippen LogP contribution in [0.5, 0.6) is 0 Å². The summed E-state index contributed by atoms with van der Waals surface area (Å²) in [5.41, 5.74) is 3.20. The van der Waals surface area contributed by atoms with Gasteiger partial charge in [-0.3, -0.25) is 0 Å². The zero-order valence-corrected chi connectivity index (χ0v) is 10.5. The number of carboxylic acids is 1. The second-order valence-corrected chi connectivity index (χ2v) is 4.44. The third-order valence-corrected chi connectivity index (χ3v) is 2.99. The number of benzene rings is 1. The molecule has 0 fully saturated rings. The minimum Gasteiger partial charge on any atom is -0.478 e. The number of rotatable bonds is 3. The van der Waals surface area contributed by atoms with Gasteiger partial charge in [-0.2, -0.15) is 0 Å². The summed E-state index contributed by atoms with van der Waals surface area (Å²) in [7, 11) is 0. The van der Waals surface area contributed by atoms with Gasteiger partial charge in [-0.25, -0.2) is 4.79 Å². The largest absolute Gasteiger partial charge is 0.478 e. The third kappa shape index (κ3) is 3.00. The lowest BCUT2D eigenvalue weighted by atomic mass is 10.1. The summed E-state index contributed by atoms with van der Waals surface area (Å²) < 4.78 is 0. The summed E-state index contributed by atoms with van der Waals surface area (Å²) >= 11 is 0. The lowest BCUT2D eigenvalue weighted by Crippen LogP contribution is -2.27. The number of carbonyl (C=O) groups is 1. The topological polar surface area (TPSA) is 40.5 Å². The highest BCUT2D eigenvalue weighted by atomic mass is 16.4. The Labute approximate surface area is 107 Å². The Morgan fingerprint density at radius 1 is 1.39 bits per heavy atom. The molecule has 1 aliphatic rings. The summed E-state index contributed by atoms with van der Waals surface area (Å²) in [6, 6.07) is 6.15. The minimum atomic E-state index is -0.916. The molecule has 0 aliphatic carbocycles. The van der Waals surface area contributed by atoms with E-state index in [0.29, 0.717) is 0 Å². The Morgan fingerprint density at radius 2 is 2.22 bits per heavy atom. The maximum Gasteiger partial charge on any atom is 0.328 e. The van der Waals surface area contributed by atoms with Crippen molar-refractivity contribution in [2.24, 2.45) is 0 Å². The lowest BCUT2D eigenvalue weighted by molar-refractivity contribution is -0.131. The molecule has 0 atom stereocenters. The number of hydrogen-bond acceptors (Lipinski definition) is 2. The van der Waals surface area contributed by atoms with E-state index >= 15 is 0 Å². The summed E-state index contributed by atoms with van der Waals surface area (Å²) in [5.74, 6) is -0.916. The molecule has 94 valence electrons. The average molecular weight is 243 g/mol. The van der Waals surface area contributed by atoms with Gasteiger partial charge in [-0.15, -0.1) is 0 Å². The van der Waals surface area contributed by atoms with Crippen LogP contribution in [0, 0.1) is 6.92 Å². The van der Waals surface area contributed by atoms with Crippen molar-refractivity contribution in [1.82, 2.24) is 0 Å². The molecule has 1 aliphatic heterocycles. The van der Waals surface area contributed by atoms with Gasteiger partial charge in [0.2, 0.25) is 0 Å². The van der Waals surface area contributed by atoms with Crippen molar-refractivity contribution < 1.29 is 9.90 Å². The standard InChI is InChI=1S/C15H17NO2/c1-12-5-7-14(16-9-3-2-4-10-16)13(11-12)6-8-15(17)18/h2-3,5-8,11H,4,9-10H2,1H3,(H,17,18)/b8-6+. The van der Waals surface area contributed by atoms with Crippen LogP contribution in [0.25, 0.3) is 6.08 Å². The van der Waals surface area contributed by atoms with Crippen LogP contribution in [-0.2, 0) is 4.79 Å². The molecule has 18 heavy (non-hydrogen) atoms. The van der Waals surface area contributed by atoms with Crippen molar-refractivity contribution in [2.45, 2.75) is 13.3 Å². The second-order valence-electron chi connectivity index (χ2n) is 4.44. The van der Waals surface area contributed by atoms with E-state index in [1.54, 1.807) is 6.08 Å². The zero-order valence-electron chi connectivity index (χ0n) is 10.5. The van der Waals surface area contributed by atoms with Crippen LogP contribution < -0.4 is 4.90 Å². The van der Waals surface area contributed by atoms with Gasteiger partial charge < -0.3 is 10.0 Å². The Balaban J connectivity index is 2.33. The van der Waals surface area contributed by atoms with E-state index in [4.69, 9.17) is 5.11 Å². The van der Waals surface area contributed by atoms with Crippen molar-refractivity contribution >= 4 is 17.7 Å². The van der Waals surface area contributed by atoms with Crippen molar-refractivity contribution in [3.63, 3.8) is 0 Å². The van der Waals surface area contributed by atoms with Crippen LogP contribution in [0.4, 0.5) is 5.69 Å². The van der Waals surface area contributed by atoms with Crippen molar-refractivity contribution in [2.75, 3.05) is 18.0 Å². The fourth-order valence-corrected chi connectivity index (χ4v) is 2.12. The fourth-order valence-electron chi connectivity index (χ4n) is 2.12. The first-order chi connectivity index (χ1) is 8.66. The molecule has 1 N–H and O–H groups in total. The quantitative estimate of drug-likeness (QED) is 0.655. The summed E-state index contributed by atoms with van der Waals surface area (Å²) in [5, 5.41) is 8.73. The molecule has 3 heteroatoms. The van der Waals surface area contributed by atoms with Crippen molar-refractivity contribution in [3.05, 3.63) is 47.6 Å². The van der Waals surface area contributed by atoms with Crippen molar-refractivity contribution in [3.8, 4) is 0 Å². The van der Waals surface area contributed by atoms with Crippen LogP contribution in [-0.4, -0.2) is 24.2 Å². The fraction of sp³-hybridized carbons (Fsp3) is 0.267. The third-order valence-electron chi connectivity index (χ3n) is 2.99. The van der Waals surface area contributed by atoms with E-state index in [1.807, 2.05) is 13.0 Å². The molecule has 0 saturated heterocycles. The monoisotopic (exact) mass is 243 g/mol. The van der Waals surface area contributed by atoms with Crippen LogP contribution in [0.15, 0.2) is 36.4 Å². The van der Waals surface area contributed by atoms with Gasteiger partial charge in [-0.05, 0) is 37.1 Å². The van der Waals surface area contributed by atoms with Crippen LogP contribution in [0.1, 0.15) is 17.5 Å². The van der Waals surface area contributed by atoms with Gasteiger partial charge >= 0.3 is 5.97 Å². The molecule has 0 saturated carbocycles. The maximum absolute atomic E-state index is 10.6. The molecule has 0 bridgehead atoms. The molecule has 3 nitrogen and oxygen atoms in total. The first kappa shape index (κ1) is 12.4. The van der Waals surface area contributed by atoms with Crippen LogP contribution in [0.3, 0.4) is 0 Å². The number of aliphatic carboxylic acids is 1. The minimum absolute atomic E-state index is 0.886. The molecule has 0 unspecified atom stereocenters. The summed E-state index contributed by atoms with van der Waals surface area (Å²) in [4.78, 5) is 12.9. The predicted octanol–water partition coefficient (Wildman–Crippen LogP) is 2.86. The van der Waals surface area contributed by atoms with E-state index in [1.165, 1.54) is 6.08 Å². The van der Waals surface area contributed by atoms with Gasteiger partial charge in [0.1, 0.15) is 0 Å². The van der Waals surface area contributed by atoms with E-state index in [9.17, 15) is 4.79 Å². The number of carboxylic acid groups (broad SMARTS) is 1. The number of aryl methyl sites for hydroxylation is 1. The highest BCUT2D eigenvalue weighted by molar-refractivity contribution is 5.87. The highest BCUT2D eigenvalue weighted by Crippen LogP contribution is 2.24. The molecular formula is C15H17NO2. The van der Waals surface area contributed by atoms with Crippen LogP contribution >= 0.6 is 0 Å². The zero-order chi connectivity index (χ0) is 13.0. The first-order valence-corrected chi connectivity index (χ1v) is 6.08. The Hall–Kier alpha value is -2.03.